The number of ether oxygens (including phenoxy) is 2. The molecule has 3 aromatic rings. The average Bonchev–Trinajstić information content (AvgIpc) is 2.87. The normalized spacial score (nSPS) is 11.2. The molecule has 0 fully saturated rings. The number of methoxy groups -OCH3 is 2. The van der Waals surface area contributed by atoms with E-state index in [-0.39, 0.29) is 10.6 Å². The zero-order chi connectivity index (χ0) is 26.3. The number of rotatable bonds is 9. The van der Waals surface area contributed by atoms with Crippen LogP contribution >= 0.6 is 0 Å². The standard InChI is InChI=1S/C26H27N3O6S/c1-18-5-12-22(13-6-18)36(32,33)29(23-15-19(2)7-14-24(23)34-3)17-25(30)28-27-16-20-8-10-21(11-9-20)26(31)35-4/h5-16H,17H2,1-4H3,(H,28,30)/b27-16-. The summed E-state index contributed by atoms with van der Waals surface area (Å²) in [6.45, 7) is 3.14. The maximum absolute atomic E-state index is 13.6. The number of aryl methyl sites for hydroxylation is 2. The second-order valence-corrected chi connectivity index (χ2v) is 9.77. The predicted molar refractivity (Wildman–Crippen MR) is 137 cm³/mol. The van der Waals surface area contributed by atoms with E-state index in [2.05, 4.69) is 15.3 Å². The Kier molecular flexibility index (Phi) is 8.44. The zero-order valence-corrected chi connectivity index (χ0v) is 21.2. The number of nitrogens with zero attached hydrogens (tertiary/aromatic N) is 2. The molecule has 0 unspecified atom stereocenters. The number of benzene rings is 3. The molecule has 0 aromatic heterocycles. The molecule has 0 saturated carbocycles. The van der Waals surface area contributed by atoms with Crippen LogP contribution in [0.15, 0.2) is 76.7 Å². The quantitative estimate of drug-likeness (QED) is 0.269. The molecule has 36 heavy (non-hydrogen) atoms. The summed E-state index contributed by atoms with van der Waals surface area (Å²) < 4.78 is 38.2. The van der Waals surface area contributed by atoms with Crippen molar-refractivity contribution < 1.29 is 27.5 Å². The highest BCUT2D eigenvalue weighted by Crippen LogP contribution is 2.33. The molecule has 0 aliphatic heterocycles. The van der Waals surface area contributed by atoms with Gasteiger partial charge in [0.2, 0.25) is 0 Å². The fraction of sp³-hybridized carbons (Fsp3) is 0.192. The molecule has 1 N–H and O–H groups in total. The van der Waals surface area contributed by atoms with Gasteiger partial charge < -0.3 is 9.47 Å². The highest BCUT2D eigenvalue weighted by Gasteiger charge is 2.29. The van der Waals surface area contributed by atoms with Crippen molar-refractivity contribution in [3.8, 4) is 5.75 Å². The third-order valence-electron chi connectivity index (χ3n) is 5.23. The van der Waals surface area contributed by atoms with E-state index in [4.69, 9.17) is 4.74 Å². The van der Waals surface area contributed by atoms with Gasteiger partial charge in [-0.2, -0.15) is 5.10 Å². The first-order chi connectivity index (χ1) is 17.1. The molecule has 0 heterocycles. The van der Waals surface area contributed by atoms with E-state index in [1.807, 2.05) is 13.8 Å². The van der Waals surface area contributed by atoms with Crippen LogP contribution in [-0.2, 0) is 19.6 Å². The first-order valence-electron chi connectivity index (χ1n) is 10.9. The first kappa shape index (κ1) is 26.4. The summed E-state index contributed by atoms with van der Waals surface area (Å²) in [6.07, 6.45) is 1.38. The van der Waals surface area contributed by atoms with Gasteiger partial charge in [-0.15, -0.1) is 0 Å². The zero-order valence-electron chi connectivity index (χ0n) is 20.4. The lowest BCUT2D eigenvalue weighted by atomic mass is 10.1. The molecule has 3 rings (SSSR count). The topological polar surface area (TPSA) is 114 Å². The number of hydrogen-bond donors (Lipinski definition) is 1. The maximum atomic E-state index is 13.6. The Morgan fingerprint density at radius 1 is 0.944 bits per heavy atom. The maximum Gasteiger partial charge on any atom is 0.337 e. The lowest BCUT2D eigenvalue weighted by Gasteiger charge is -2.25. The van der Waals surface area contributed by atoms with Crippen molar-refractivity contribution >= 4 is 33.8 Å². The summed E-state index contributed by atoms with van der Waals surface area (Å²) in [7, 11) is -1.39. The van der Waals surface area contributed by atoms with Gasteiger partial charge in [-0.05, 0) is 61.4 Å². The van der Waals surface area contributed by atoms with Gasteiger partial charge in [0.25, 0.3) is 15.9 Å². The van der Waals surface area contributed by atoms with Crippen molar-refractivity contribution in [3.63, 3.8) is 0 Å². The molecule has 9 nitrogen and oxygen atoms in total. The van der Waals surface area contributed by atoms with Gasteiger partial charge in [0.15, 0.2) is 0 Å². The smallest absolute Gasteiger partial charge is 0.337 e. The van der Waals surface area contributed by atoms with Crippen LogP contribution in [0.5, 0.6) is 5.75 Å². The summed E-state index contributed by atoms with van der Waals surface area (Å²) >= 11 is 0. The number of carbonyl (C=O) groups excluding carboxylic acids is 2. The number of carbonyl (C=O) groups is 2. The molecule has 0 atom stereocenters. The Hall–Kier alpha value is -4.18. The van der Waals surface area contributed by atoms with Crippen LogP contribution in [0.4, 0.5) is 5.69 Å². The number of hydrazone groups is 1. The second-order valence-electron chi connectivity index (χ2n) is 7.91. The van der Waals surface area contributed by atoms with E-state index in [0.29, 0.717) is 16.9 Å². The number of esters is 1. The Morgan fingerprint density at radius 3 is 2.19 bits per heavy atom. The van der Waals surface area contributed by atoms with Crippen LogP contribution in [0.3, 0.4) is 0 Å². The van der Waals surface area contributed by atoms with Crippen LogP contribution in [0.25, 0.3) is 0 Å². The fourth-order valence-corrected chi connectivity index (χ4v) is 4.72. The number of sulfonamides is 1. The Bertz CT molecular complexity index is 1370. The Labute approximate surface area is 210 Å². The summed E-state index contributed by atoms with van der Waals surface area (Å²) in [4.78, 5) is 24.4. The highest BCUT2D eigenvalue weighted by molar-refractivity contribution is 7.92. The minimum atomic E-state index is -4.11. The molecular weight excluding hydrogens is 482 g/mol. The third kappa shape index (κ3) is 6.28. The molecule has 3 aromatic carbocycles. The van der Waals surface area contributed by atoms with Gasteiger partial charge >= 0.3 is 5.97 Å². The van der Waals surface area contributed by atoms with Crippen molar-refractivity contribution in [2.75, 3.05) is 25.1 Å². The minimum absolute atomic E-state index is 0.0404. The number of hydrogen-bond acceptors (Lipinski definition) is 7. The van der Waals surface area contributed by atoms with E-state index in [1.165, 1.54) is 32.6 Å². The first-order valence-corrected chi connectivity index (χ1v) is 12.3. The monoisotopic (exact) mass is 509 g/mol. The molecule has 0 aliphatic carbocycles. The average molecular weight is 510 g/mol. The van der Waals surface area contributed by atoms with Gasteiger partial charge in [-0.1, -0.05) is 35.9 Å². The van der Waals surface area contributed by atoms with E-state index in [9.17, 15) is 18.0 Å². The third-order valence-corrected chi connectivity index (χ3v) is 7.01. The second kappa shape index (κ2) is 11.5. The van der Waals surface area contributed by atoms with Crippen LogP contribution in [0, 0.1) is 13.8 Å². The highest BCUT2D eigenvalue weighted by atomic mass is 32.2. The predicted octanol–water partition coefficient (Wildman–Crippen LogP) is 3.44. The molecule has 0 aliphatic rings. The molecule has 0 radical (unpaired) electrons. The van der Waals surface area contributed by atoms with Crippen molar-refractivity contribution in [2.24, 2.45) is 5.10 Å². The molecule has 10 heteroatoms. The van der Waals surface area contributed by atoms with E-state index in [0.717, 1.165) is 15.4 Å². The van der Waals surface area contributed by atoms with E-state index >= 15 is 0 Å². The largest absolute Gasteiger partial charge is 0.495 e. The molecule has 1 amide bonds. The Balaban J connectivity index is 1.86. The number of anilines is 1. The SMILES string of the molecule is COC(=O)c1ccc(/C=N\NC(=O)CN(c2cc(C)ccc2OC)S(=O)(=O)c2ccc(C)cc2)cc1. The van der Waals surface area contributed by atoms with Crippen molar-refractivity contribution in [1.29, 1.82) is 0 Å². The minimum Gasteiger partial charge on any atom is -0.495 e. The summed E-state index contributed by atoms with van der Waals surface area (Å²) in [5.74, 6) is -0.816. The summed E-state index contributed by atoms with van der Waals surface area (Å²) in [6, 6.07) is 17.8. The summed E-state index contributed by atoms with van der Waals surface area (Å²) in [5, 5.41) is 3.92. The van der Waals surface area contributed by atoms with Crippen LogP contribution in [0.2, 0.25) is 0 Å². The van der Waals surface area contributed by atoms with Gasteiger partial charge in [-0.3, -0.25) is 9.10 Å². The van der Waals surface area contributed by atoms with Gasteiger partial charge in [0.1, 0.15) is 12.3 Å². The number of amides is 1. The molecule has 188 valence electrons. The van der Waals surface area contributed by atoms with Crippen LogP contribution < -0.4 is 14.5 Å². The summed E-state index contributed by atoms with van der Waals surface area (Å²) in [5.41, 5.74) is 5.28. The van der Waals surface area contributed by atoms with Gasteiger partial charge in [0, 0.05) is 0 Å². The van der Waals surface area contributed by atoms with Crippen molar-refractivity contribution in [3.05, 3.63) is 89.0 Å². The lowest BCUT2D eigenvalue weighted by molar-refractivity contribution is -0.119. The molecule has 0 spiro atoms. The lowest BCUT2D eigenvalue weighted by Crippen LogP contribution is -2.39. The van der Waals surface area contributed by atoms with E-state index in [1.54, 1.807) is 54.6 Å². The van der Waals surface area contributed by atoms with Gasteiger partial charge in [-0.25, -0.2) is 18.6 Å². The van der Waals surface area contributed by atoms with Gasteiger partial charge in [0.05, 0.1) is 36.6 Å². The fourth-order valence-electron chi connectivity index (χ4n) is 3.30. The number of nitrogens with one attached hydrogen (secondary N) is 1. The molecule has 0 saturated heterocycles. The molecule has 0 bridgehead atoms. The van der Waals surface area contributed by atoms with Crippen LogP contribution in [0.1, 0.15) is 27.0 Å². The molecular formula is C26H27N3O6S. The van der Waals surface area contributed by atoms with Crippen LogP contribution in [-0.4, -0.2) is 47.3 Å². The van der Waals surface area contributed by atoms with E-state index < -0.39 is 28.4 Å². The Morgan fingerprint density at radius 2 is 1.58 bits per heavy atom. The van der Waals surface area contributed by atoms with Crippen molar-refractivity contribution in [2.45, 2.75) is 18.7 Å². The van der Waals surface area contributed by atoms with Crippen molar-refractivity contribution in [1.82, 2.24) is 5.43 Å².